The molecule has 2 rings (SSSR count). The number of benzene rings is 1. The Balaban J connectivity index is 1.95. The van der Waals surface area contributed by atoms with Crippen molar-refractivity contribution in [3.63, 3.8) is 0 Å². The first kappa shape index (κ1) is 15.7. The van der Waals surface area contributed by atoms with E-state index in [1.54, 1.807) is 18.5 Å². The number of aryl methyl sites for hydroxylation is 1. The summed E-state index contributed by atoms with van der Waals surface area (Å²) in [5.74, 6) is 1.34. The van der Waals surface area contributed by atoms with Crippen molar-refractivity contribution in [2.24, 2.45) is 5.92 Å². The predicted molar refractivity (Wildman–Crippen MR) is 84.8 cm³/mol. The molecule has 1 heterocycles. The standard InChI is InChI=1S/C16H20ClN3O/c1-11(2)7-18-8-13-9-19-16(20-10-13)21-15-5-4-14(17)6-12(15)3/h4-6,9-11,18H,7-8H2,1-3H3. The first-order chi connectivity index (χ1) is 10.0. The number of halogens is 1. The van der Waals surface area contributed by atoms with E-state index in [2.05, 4.69) is 29.1 Å². The Hall–Kier alpha value is -1.65. The second kappa shape index (κ2) is 7.38. The highest BCUT2D eigenvalue weighted by Gasteiger charge is 2.05. The van der Waals surface area contributed by atoms with E-state index in [1.807, 2.05) is 19.1 Å². The third kappa shape index (κ3) is 4.99. The molecule has 0 atom stereocenters. The van der Waals surface area contributed by atoms with Crippen LogP contribution in [0.25, 0.3) is 0 Å². The average Bonchev–Trinajstić information content (AvgIpc) is 2.43. The van der Waals surface area contributed by atoms with Crippen LogP contribution in [0.15, 0.2) is 30.6 Å². The van der Waals surface area contributed by atoms with Gasteiger partial charge in [-0.05, 0) is 43.1 Å². The minimum absolute atomic E-state index is 0.341. The monoisotopic (exact) mass is 305 g/mol. The molecule has 21 heavy (non-hydrogen) atoms. The smallest absolute Gasteiger partial charge is 0.321 e. The molecule has 0 aliphatic carbocycles. The molecule has 0 bridgehead atoms. The molecule has 0 amide bonds. The van der Waals surface area contributed by atoms with E-state index in [1.165, 1.54) is 0 Å². The zero-order valence-electron chi connectivity index (χ0n) is 12.6. The Labute approximate surface area is 130 Å². The van der Waals surface area contributed by atoms with Gasteiger partial charge in [-0.25, -0.2) is 9.97 Å². The Morgan fingerprint density at radius 2 is 1.95 bits per heavy atom. The molecule has 4 nitrogen and oxygen atoms in total. The van der Waals surface area contributed by atoms with Crippen LogP contribution in [0.5, 0.6) is 11.8 Å². The molecule has 112 valence electrons. The van der Waals surface area contributed by atoms with E-state index in [-0.39, 0.29) is 0 Å². The molecule has 0 fully saturated rings. The van der Waals surface area contributed by atoms with Gasteiger partial charge in [-0.1, -0.05) is 25.4 Å². The molecule has 0 saturated heterocycles. The number of ether oxygens (including phenoxy) is 1. The highest BCUT2D eigenvalue weighted by atomic mass is 35.5. The van der Waals surface area contributed by atoms with E-state index in [0.717, 1.165) is 24.2 Å². The summed E-state index contributed by atoms with van der Waals surface area (Å²) in [5, 5.41) is 4.04. The summed E-state index contributed by atoms with van der Waals surface area (Å²) in [7, 11) is 0. The highest BCUT2D eigenvalue weighted by molar-refractivity contribution is 6.30. The quantitative estimate of drug-likeness (QED) is 0.877. The molecular weight excluding hydrogens is 286 g/mol. The molecule has 0 aliphatic rings. The summed E-state index contributed by atoms with van der Waals surface area (Å²) in [4.78, 5) is 8.46. The topological polar surface area (TPSA) is 47.0 Å². The van der Waals surface area contributed by atoms with Gasteiger partial charge < -0.3 is 10.1 Å². The van der Waals surface area contributed by atoms with Gasteiger partial charge in [0.1, 0.15) is 5.75 Å². The summed E-state index contributed by atoms with van der Waals surface area (Å²) >= 11 is 5.92. The fraction of sp³-hybridized carbons (Fsp3) is 0.375. The fourth-order valence-corrected chi connectivity index (χ4v) is 2.04. The van der Waals surface area contributed by atoms with Crippen LogP contribution in [0.3, 0.4) is 0 Å². The molecule has 0 radical (unpaired) electrons. The second-order valence-electron chi connectivity index (χ2n) is 5.41. The van der Waals surface area contributed by atoms with Crippen LogP contribution in [0, 0.1) is 12.8 Å². The van der Waals surface area contributed by atoms with Crippen molar-refractivity contribution in [3.8, 4) is 11.8 Å². The molecule has 1 aromatic carbocycles. The van der Waals surface area contributed by atoms with E-state index in [9.17, 15) is 0 Å². The van der Waals surface area contributed by atoms with Gasteiger partial charge in [0, 0.05) is 29.5 Å². The van der Waals surface area contributed by atoms with Gasteiger partial charge in [-0.2, -0.15) is 0 Å². The van der Waals surface area contributed by atoms with E-state index >= 15 is 0 Å². The summed E-state index contributed by atoms with van der Waals surface area (Å²) in [6.07, 6.45) is 3.56. The largest absolute Gasteiger partial charge is 0.424 e. The lowest BCUT2D eigenvalue weighted by Crippen LogP contribution is -2.19. The number of hydrogen-bond donors (Lipinski definition) is 1. The van der Waals surface area contributed by atoms with E-state index in [0.29, 0.717) is 22.7 Å². The summed E-state index contributed by atoms with van der Waals surface area (Å²) in [5.41, 5.74) is 1.99. The minimum atomic E-state index is 0.341. The Bertz CT molecular complexity index is 585. The maximum absolute atomic E-state index is 5.92. The number of hydrogen-bond acceptors (Lipinski definition) is 4. The Kier molecular flexibility index (Phi) is 5.53. The summed E-state index contributed by atoms with van der Waals surface area (Å²) in [6.45, 7) is 8.02. The Morgan fingerprint density at radius 1 is 1.24 bits per heavy atom. The van der Waals surface area contributed by atoms with Crippen LogP contribution in [-0.4, -0.2) is 16.5 Å². The first-order valence-electron chi connectivity index (χ1n) is 7.00. The third-order valence-corrected chi connectivity index (χ3v) is 3.14. The van der Waals surface area contributed by atoms with Crippen molar-refractivity contribution in [1.82, 2.24) is 15.3 Å². The van der Waals surface area contributed by atoms with Crippen molar-refractivity contribution in [2.45, 2.75) is 27.3 Å². The molecule has 5 heteroatoms. The molecule has 1 N–H and O–H groups in total. The predicted octanol–water partition coefficient (Wildman–Crippen LogP) is 3.98. The summed E-state index contributed by atoms with van der Waals surface area (Å²) in [6, 6.07) is 5.79. The van der Waals surface area contributed by atoms with Crippen LogP contribution in [0.2, 0.25) is 5.02 Å². The van der Waals surface area contributed by atoms with Gasteiger partial charge in [0.25, 0.3) is 0 Å². The van der Waals surface area contributed by atoms with Gasteiger partial charge >= 0.3 is 6.01 Å². The van der Waals surface area contributed by atoms with Crippen molar-refractivity contribution in [3.05, 3.63) is 46.7 Å². The van der Waals surface area contributed by atoms with Gasteiger partial charge in [0.05, 0.1) is 0 Å². The third-order valence-electron chi connectivity index (χ3n) is 2.90. The minimum Gasteiger partial charge on any atom is -0.424 e. The van der Waals surface area contributed by atoms with Crippen LogP contribution < -0.4 is 10.1 Å². The van der Waals surface area contributed by atoms with Crippen LogP contribution in [0.4, 0.5) is 0 Å². The maximum Gasteiger partial charge on any atom is 0.321 e. The van der Waals surface area contributed by atoms with Crippen LogP contribution in [-0.2, 0) is 6.54 Å². The van der Waals surface area contributed by atoms with E-state index in [4.69, 9.17) is 16.3 Å². The molecule has 0 unspecified atom stereocenters. The second-order valence-corrected chi connectivity index (χ2v) is 5.85. The van der Waals surface area contributed by atoms with E-state index < -0.39 is 0 Å². The van der Waals surface area contributed by atoms with Crippen molar-refractivity contribution in [1.29, 1.82) is 0 Å². The normalized spacial score (nSPS) is 10.9. The van der Waals surface area contributed by atoms with Crippen LogP contribution in [0.1, 0.15) is 25.0 Å². The lowest BCUT2D eigenvalue weighted by molar-refractivity contribution is 0.437. The van der Waals surface area contributed by atoms with Gasteiger partial charge in [-0.3, -0.25) is 0 Å². The molecule has 0 spiro atoms. The van der Waals surface area contributed by atoms with Gasteiger partial charge in [0.15, 0.2) is 0 Å². The fourth-order valence-electron chi connectivity index (χ4n) is 1.82. The summed E-state index contributed by atoms with van der Waals surface area (Å²) < 4.78 is 5.66. The first-order valence-corrected chi connectivity index (χ1v) is 7.38. The number of nitrogens with one attached hydrogen (secondary N) is 1. The van der Waals surface area contributed by atoms with Gasteiger partial charge in [-0.15, -0.1) is 0 Å². The number of nitrogens with zero attached hydrogens (tertiary/aromatic N) is 2. The number of rotatable bonds is 6. The molecular formula is C16H20ClN3O. The zero-order valence-corrected chi connectivity index (χ0v) is 13.3. The molecule has 2 aromatic rings. The average molecular weight is 306 g/mol. The molecule has 0 saturated carbocycles. The number of aromatic nitrogens is 2. The maximum atomic E-state index is 5.92. The van der Waals surface area contributed by atoms with Crippen molar-refractivity contribution < 1.29 is 4.74 Å². The van der Waals surface area contributed by atoms with Crippen molar-refractivity contribution >= 4 is 11.6 Å². The SMILES string of the molecule is Cc1cc(Cl)ccc1Oc1ncc(CNCC(C)C)cn1. The van der Waals surface area contributed by atoms with Crippen LogP contribution >= 0.6 is 11.6 Å². The highest BCUT2D eigenvalue weighted by Crippen LogP contribution is 2.25. The van der Waals surface area contributed by atoms with Gasteiger partial charge in [0.2, 0.25) is 0 Å². The Morgan fingerprint density at radius 3 is 2.57 bits per heavy atom. The molecule has 1 aromatic heterocycles. The molecule has 0 aliphatic heterocycles. The lowest BCUT2D eigenvalue weighted by Gasteiger charge is -2.09. The zero-order chi connectivity index (χ0) is 15.2. The lowest BCUT2D eigenvalue weighted by atomic mass is 10.2. The van der Waals surface area contributed by atoms with Crippen molar-refractivity contribution in [2.75, 3.05) is 6.54 Å².